The van der Waals surface area contributed by atoms with Crippen LogP contribution in [-0.2, 0) is 4.74 Å². The topological polar surface area (TPSA) is 87.0 Å². The van der Waals surface area contributed by atoms with Crippen molar-refractivity contribution in [1.82, 2.24) is 10.3 Å². The second-order valence-electron chi connectivity index (χ2n) is 7.63. The zero-order chi connectivity index (χ0) is 19.5. The fraction of sp³-hybridized carbons (Fsp3) is 0.611. The van der Waals surface area contributed by atoms with Crippen LogP contribution < -0.4 is 10.6 Å². The Hall–Kier alpha value is -2.07. The fourth-order valence-electron chi connectivity index (χ4n) is 2.52. The Labute approximate surface area is 158 Å². The highest BCUT2D eigenvalue weighted by molar-refractivity contribution is 6.30. The lowest BCUT2D eigenvalue weighted by molar-refractivity contribution is 0.0502. The van der Waals surface area contributed by atoms with E-state index in [9.17, 15) is 9.18 Å². The second-order valence-corrected chi connectivity index (χ2v) is 7.99. The van der Waals surface area contributed by atoms with E-state index in [1.54, 1.807) is 26.8 Å². The van der Waals surface area contributed by atoms with Crippen molar-refractivity contribution in [2.24, 2.45) is 5.92 Å². The zero-order valence-electron chi connectivity index (χ0n) is 15.4. The largest absolute Gasteiger partial charge is 0.444 e. The lowest BCUT2D eigenvalue weighted by Crippen LogP contribution is -2.47. The van der Waals surface area contributed by atoms with Gasteiger partial charge in [-0.25, -0.2) is 14.2 Å². The maximum Gasteiger partial charge on any atom is 0.407 e. The summed E-state index contributed by atoms with van der Waals surface area (Å²) in [5.74, 6) is -0.152. The molecule has 0 aliphatic heterocycles. The summed E-state index contributed by atoms with van der Waals surface area (Å²) in [7, 11) is 0. The number of anilines is 1. The van der Waals surface area contributed by atoms with Crippen LogP contribution in [0, 0.1) is 23.1 Å². The van der Waals surface area contributed by atoms with E-state index in [-0.39, 0.29) is 28.6 Å². The SMILES string of the molecule is C[C@H](NC(=O)OC(C)(C)C)[C@@H](CC1CC1)Nc1nc(Cl)c(C#N)cc1F. The predicted octanol–water partition coefficient (Wildman–Crippen LogP) is 4.24. The van der Waals surface area contributed by atoms with E-state index >= 15 is 0 Å². The molecule has 0 bridgehead atoms. The van der Waals surface area contributed by atoms with Crippen LogP contribution in [0.5, 0.6) is 0 Å². The fourth-order valence-corrected chi connectivity index (χ4v) is 2.70. The Bertz CT molecular complexity index is 710. The number of rotatable bonds is 6. The Morgan fingerprint density at radius 3 is 2.73 bits per heavy atom. The van der Waals surface area contributed by atoms with E-state index in [0.29, 0.717) is 5.92 Å². The molecule has 1 heterocycles. The van der Waals surface area contributed by atoms with Gasteiger partial charge in [0.05, 0.1) is 5.56 Å². The van der Waals surface area contributed by atoms with Gasteiger partial charge in [0.25, 0.3) is 0 Å². The number of ether oxygens (including phenoxy) is 1. The zero-order valence-corrected chi connectivity index (χ0v) is 16.2. The molecule has 1 aliphatic carbocycles. The summed E-state index contributed by atoms with van der Waals surface area (Å²) >= 11 is 5.91. The first kappa shape index (κ1) is 20.2. The molecule has 6 nitrogen and oxygen atoms in total. The first-order chi connectivity index (χ1) is 12.1. The van der Waals surface area contributed by atoms with Crippen molar-refractivity contribution in [3.05, 3.63) is 22.6 Å². The Morgan fingerprint density at radius 2 is 2.19 bits per heavy atom. The average molecular weight is 383 g/mol. The molecule has 1 aromatic heterocycles. The van der Waals surface area contributed by atoms with E-state index in [1.807, 2.05) is 6.92 Å². The standard InChI is InChI=1S/C18H24ClFN4O2/c1-10(22-17(25)26-18(2,3)4)14(7-11-5-6-11)23-16-13(20)8-12(9-21)15(19)24-16/h8,10-11,14H,5-7H2,1-4H3,(H,22,25)(H,23,24)/t10-,14+/m0/s1. The molecular weight excluding hydrogens is 359 g/mol. The number of nitrogens with zero attached hydrogens (tertiary/aromatic N) is 2. The summed E-state index contributed by atoms with van der Waals surface area (Å²) < 4.78 is 19.5. The number of nitrogens with one attached hydrogen (secondary N) is 2. The van der Waals surface area contributed by atoms with Crippen molar-refractivity contribution in [3.63, 3.8) is 0 Å². The first-order valence-corrected chi connectivity index (χ1v) is 8.99. The highest BCUT2D eigenvalue weighted by Gasteiger charge is 2.31. The van der Waals surface area contributed by atoms with Gasteiger partial charge in [0.2, 0.25) is 0 Å². The summed E-state index contributed by atoms with van der Waals surface area (Å²) in [6.07, 6.45) is 2.46. The molecule has 2 rings (SSSR count). The van der Waals surface area contributed by atoms with Crippen LogP contribution in [0.4, 0.5) is 15.0 Å². The van der Waals surface area contributed by atoms with Crippen molar-refractivity contribution in [2.45, 2.75) is 64.6 Å². The minimum atomic E-state index is -0.656. The third-order valence-electron chi connectivity index (χ3n) is 4.00. The summed E-state index contributed by atoms with van der Waals surface area (Å²) in [4.78, 5) is 16.0. The van der Waals surface area contributed by atoms with E-state index in [2.05, 4.69) is 15.6 Å². The molecule has 142 valence electrons. The first-order valence-electron chi connectivity index (χ1n) is 8.61. The maximum absolute atomic E-state index is 14.2. The quantitative estimate of drug-likeness (QED) is 0.718. The molecule has 1 aromatic rings. The third kappa shape index (κ3) is 6.03. The number of nitriles is 1. The molecular formula is C18H24ClFN4O2. The summed E-state index contributed by atoms with van der Waals surface area (Å²) in [5, 5.41) is 14.7. The molecule has 0 radical (unpaired) electrons. The number of carbonyl (C=O) groups is 1. The molecule has 1 fully saturated rings. The summed E-state index contributed by atoms with van der Waals surface area (Å²) in [5.41, 5.74) is -0.620. The molecule has 8 heteroatoms. The van der Waals surface area contributed by atoms with Crippen LogP contribution in [0.1, 0.15) is 52.5 Å². The molecule has 1 aliphatic rings. The van der Waals surface area contributed by atoms with Gasteiger partial charge in [-0.1, -0.05) is 24.4 Å². The highest BCUT2D eigenvalue weighted by Crippen LogP contribution is 2.35. The number of halogens is 2. The molecule has 0 unspecified atom stereocenters. The lowest BCUT2D eigenvalue weighted by atomic mass is 10.0. The Balaban J connectivity index is 2.11. The van der Waals surface area contributed by atoms with Crippen molar-refractivity contribution < 1.29 is 13.9 Å². The number of aromatic nitrogens is 1. The minimum Gasteiger partial charge on any atom is -0.444 e. The van der Waals surface area contributed by atoms with Gasteiger partial charge in [-0.05, 0) is 46.1 Å². The number of carbonyl (C=O) groups excluding carboxylic acids is 1. The van der Waals surface area contributed by atoms with E-state index in [0.717, 1.165) is 25.3 Å². The number of hydrogen-bond donors (Lipinski definition) is 2. The van der Waals surface area contributed by atoms with E-state index < -0.39 is 17.5 Å². The molecule has 2 atom stereocenters. The van der Waals surface area contributed by atoms with Gasteiger partial charge in [-0.2, -0.15) is 5.26 Å². The van der Waals surface area contributed by atoms with Crippen molar-refractivity contribution >= 4 is 23.5 Å². The van der Waals surface area contributed by atoms with Crippen molar-refractivity contribution in [3.8, 4) is 6.07 Å². The molecule has 26 heavy (non-hydrogen) atoms. The highest BCUT2D eigenvalue weighted by atomic mass is 35.5. The molecule has 0 spiro atoms. The van der Waals surface area contributed by atoms with Crippen LogP contribution in [0.3, 0.4) is 0 Å². The number of alkyl carbamates (subject to hydrolysis) is 1. The predicted molar refractivity (Wildman–Crippen MR) is 97.5 cm³/mol. The van der Waals surface area contributed by atoms with Crippen LogP contribution in [-0.4, -0.2) is 28.8 Å². The maximum atomic E-state index is 14.2. The summed E-state index contributed by atoms with van der Waals surface area (Å²) in [6.45, 7) is 7.19. The number of amides is 1. The molecule has 2 N–H and O–H groups in total. The average Bonchev–Trinajstić information content (AvgIpc) is 3.31. The second kappa shape index (κ2) is 8.09. The van der Waals surface area contributed by atoms with Gasteiger partial charge >= 0.3 is 6.09 Å². The molecule has 1 amide bonds. The monoisotopic (exact) mass is 382 g/mol. The van der Waals surface area contributed by atoms with Crippen LogP contribution in [0.15, 0.2) is 6.07 Å². The molecule has 1 saturated carbocycles. The van der Waals surface area contributed by atoms with Crippen LogP contribution >= 0.6 is 11.6 Å². The number of pyridine rings is 1. The van der Waals surface area contributed by atoms with E-state index in [1.165, 1.54) is 0 Å². The van der Waals surface area contributed by atoms with Gasteiger partial charge in [0, 0.05) is 12.1 Å². The van der Waals surface area contributed by atoms with Gasteiger partial charge < -0.3 is 15.4 Å². The van der Waals surface area contributed by atoms with Gasteiger partial charge in [0.1, 0.15) is 16.8 Å². The Morgan fingerprint density at radius 1 is 1.54 bits per heavy atom. The van der Waals surface area contributed by atoms with Crippen molar-refractivity contribution in [1.29, 1.82) is 5.26 Å². The van der Waals surface area contributed by atoms with Crippen LogP contribution in [0.25, 0.3) is 0 Å². The van der Waals surface area contributed by atoms with Gasteiger partial charge in [-0.15, -0.1) is 0 Å². The van der Waals surface area contributed by atoms with Crippen molar-refractivity contribution in [2.75, 3.05) is 5.32 Å². The smallest absolute Gasteiger partial charge is 0.407 e. The lowest BCUT2D eigenvalue weighted by Gasteiger charge is -2.28. The molecule has 0 aromatic carbocycles. The third-order valence-corrected chi connectivity index (χ3v) is 4.29. The van der Waals surface area contributed by atoms with Gasteiger partial charge in [-0.3, -0.25) is 0 Å². The minimum absolute atomic E-state index is 0.0200. The van der Waals surface area contributed by atoms with E-state index in [4.69, 9.17) is 21.6 Å². The molecule has 0 saturated heterocycles. The van der Waals surface area contributed by atoms with Crippen LogP contribution in [0.2, 0.25) is 5.15 Å². The summed E-state index contributed by atoms with van der Waals surface area (Å²) in [6, 6.07) is 2.28. The number of hydrogen-bond acceptors (Lipinski definition) is 5. The normalized spacial score (nSPS) is 16.3. The van der Waals surface area contributed by atoms with Gasteiger partial charge in [0.15, 0.2) is 11.6 Å². The Kier molecular flexibility index (Phi) is 6.30.